The van der Waals surface area contributed by atoms with Gasteiger partial charge < -0.3 is 15.1 Å². The van der Waals surface area contributed by atoms with E-state index in [1.807, 2.05) is 18.7 Å². The zero-order valence-corrected chi connectivity index (χ0v) is 16.1. The van der Waals surface area contributed by atoms with E-state index in [-0.39, 0.29) is 30.1 Å². The number of hydrogen-bond acceptors (Lipinski definition) is 5. The first-order valence-corrected chi connectivity index (χ1v) is 9.73. The fourth-order valence-electron chi connectivity index (χ4n) is 3.71. The van der Waals surface area contributed by atoms with Crippen molar-refractivity contribution in [1.82, 2.24) is 15.2 Å². The Hall–Kier alpha value is -2.44. The van der Waals surface area contributed by atoms with E-state index >= 15 is 0 Å². The highest BCUT2D eigenvalue weighted by Crippen LogP contribution is 2.22. The van der Waals surface area contributed by atoms with Gasteiger partial charge in [0.25, 0.3) is 5.91 Å². The minimum Gasteiger partial charge on any atom is -0.353 e. The molecule has 7 nitrogen and oxygen atoms in total. The molecule has 0 radical (unpaired) electrons. The molecule has 27 heavy (non-hydrogen) atoms. The average Bonchev–Trinajstić information content (AvgIpc) is 2.67. The van der Waals surface area contributed by atoms with Gasteiger partial charge in [0.15, 0.2) is 0 Å². The van der Waals surface area contributed by atoms with E-state index in [2.05, 4.69) is 10.3 Å². The maximum Gasteiger partial charge on any atom is 0.255 e. The largest absolute Gasteiger partial charge is 0.353 e. The number of amides is 2. The summed E-state index contributed by atoms with van der Waals surface area (Å²) in [5, 5.41) is 2.78. The Labute approximate surface area is 160 Å². The van der Waals surface area contributed by atoms with Gasteiger partial charge in [0, 0.05) is 44.7 Å². The minimum atomic E-state index is -0.0764. The molecule has 146 valence electrons. The number of rotatable bonds is 5. The lowest BCUT2D eigenvalue weighted by molar-refractivity contribution is -0.125. The van der Waals surface area contributed by atoms with E-state index in [9.17, 15) is 14.4 Å². The standard InChI is InChI=1S/C20H28N4O3/c1-14(2)10-17(25)16-4-3-8-24(12-16)20(27)15-5-6-18(22-11-15)23-9-7-21-19(26)13-23/h5-6,11,14,16H,3-4,7-10,12-13H2,1-2H3,(H,21,26). The van der Waals surface area contributed by atoms with Gasteiger partial charge in [0.05, 0.1) is 12.1 Å². The van der Waals surface area contributed by atoms with Gasteiger partial charge in [-0.25, -0.2) is 4.98 Å². The summed E-state index contributed by atoms with van der Waals surface area (Å²) in [6, 6.07) is 3.55. The molecule has 0 aliphatic carbocycles. The molecule has 0 saturated carbocycles. The summed E-state index contributed by atoms with van der Waals surface area (Å²) in [5.41, 5.74) is 0.525. The van der Waals surface area contributed by atoms with E-state index < -0.39 is 0 Å². The maximum absolute atomic E-state index is 12.8. The molecule has 1 aromatic rings. The third-order valence-corrected chi connectivity index (χ3v) is 5.13. The number of nitrogens with one attached hydrogen (secondary N) is 1. The van der Waals surface area contributed by atoms with Crippen molar-refractivity contribution in [2.45, 2.75) is 33.1 Å². The molecule has 0 spiro atoms. The van der Waals surface area contributed by atoms with Crippen molar-refractivity contribution in [2.24, 2.45) is 11.8 Å². The highest BCUT2D eigenvalue weighted by atomic mass is 16.2. The van der Waals surface area contributed by atoms with Crippen molar-refractivity contribution in [1.29, 1.82) is 0 Å². The average molecular weight is 372 g/mol. The monoisotopic (exact) mass is 372 g/mol. The quantitative estimate of drug-likeness (QED) is 0.847. The molecule has 1 N–H and O–H groups in total. The normalized spacial score (nSPS) is 20.6. The Kier molecular flexibility index (Phi) is 6.08. The highest BCUT2D eigenvalue weighted by molar-refractivity contribution is 5.94. The Morgan fingerprint density at radius 2 is 2.11 bits per heavy atom. The first-order valence-electron chi connectivity index (χ1n) is 9.73. The molecular weight excluding hydrogens is 344 g/mol. The first-order chi connectivity index (χ1) is 12.9. The highest BCUT2D eigenvalue weighted by Gasteiger charge is 2.29. The predicted octanol–water partition coefficient (Wildman–Crippen LogP) is 1.49. The minimum absolute atomic E-state index is 0.0198. The molecule has 3 rings (SSSR count). The zero-order chi connectivity index (χ0) is 19.4. The molecule has 2 aliphatic heterocycles. The van der Waals surface area contributed by atoms with Crippen LogP contribution >= 0.6 is 0 Å². The van der Waals surface area contributed by atoms with Crippen molar-refractivity contribution in [2.75, 3.05) is 37.6 Å². The van der Waals surface area contributed by atoms with Gasteiger partial charge in [-0.05, 0) is 30.9 Å². The lowest BCUT2D eigenvalue weighted by atomic mass is 9.89. The molecule has 0 bridgehead atoms. The van der Waals surface area contributed by atoms with Gasteiger partial charge in [0.2, 0.25) is 5.91 Å². The van der Waals surface area contributed by atoms with Gasteiger partial charge in [-0.15, -0.1) is 0 Å². The number of anilines is 1. The number of Topliss-reactive ketones (excluding diaryl/α,β-unsaturated/α-hetero) is 1. The van der Waals surface area contributed by atoms with E-state index in [0.29, 0.717) is 49.9 Å². The molecule has 7 heteroatoms. The van der Waals surface area contributed by atoms with Crippen LogP contribution in [0.5, 0.6) is 0 Å². The summed E-state index contributed by atoms with van der Waals surface area (Å²) in [4.78, 5) is 44.8. The van der Waals surface area contributed by atoms with E-state index in [1.165, 1.54) is 0 Å². The topological polar surface area (TPSA) is 82.6 Å². The molecule has 2 saturated heterocycles. The molecule has 1 unspecified atom stereocenters. The van der Waals surface area contributed by atoms with Crippen LogP contribution in [0.2, 0.25) is 0 Å². The summed E-state index contributed by atoms with van der Waals surface area (Å²) in [6.07, 6.45) is 3.87. The van der Waals surface area contributed by atoms with Crippen molar-refractivity contribution in [3.8, 4) is 0 Å². The zero-order valence-electron chi connectivity index (χ0n) is 16.1. The predicted molar refractivity (Wildman–Crippen MR) is 103 cm³/mol. The van der Waals surface area contributed by atoms with Crippen LogP contribution in [0.4, 0.5) is 5.82 Å². The van der Waals surface area contributed by atoms with Crippen LogP contribution in [0.15, 0.2) is 18.3 Å². The second-order valence-electron chi connectivity index (χ2n) is 7.83. The number of likely N-dealkylation sites (tertiary alicyclic amines) is 1. The lowest BCUT2D eigenvalue weighted by Gasteiger charge is -2.32. The first kappa shape index (κ1) is 19.3. The van der Waals surface area contributed by atoms with Crippen molar-refractivity contribution in [3.05, 3.63) is 23.9 Å². The number of carbonyl (C=O) groups is 3. The van der Waals surface area contributed by atoms with Gasteiger partial charge in [-0.3, -0.25) is 14.4 Å². The third-order valence-electron chi connectivity index (χ3n) is 5.13. The Morgan fingerprint density at radius 3 is 2.78 bits per heavy atom. The lowest BCUT2D eigenvalue weighted by Crippen LogP contribution is -2.48. The number of hydrogen-bond donors (Lipinski definition) is 1. The maximum atomic E-state index is 12.8. The second kappa shape index (κ2) is 8.50. The third kappa shape index (κ3) is 4.84. The summed E-state index contributed by atoms with van der Waals surface area (Å²) in [7, 11) is 0. The van der Waals surface area contributed by atoms with Crippen LogP contribution in [-0.2, 0) is 9.59 Å². The number of nitrogens with zero attached hydrogens (tertiary/aromatic N) is 3. The van der Waals surface area contributed by atoms with Crippen molar-refractivity contribution < 1.29 is 14.4 Å². The number of piperazine rings is 1. The van der Waals surface area contributed by atoms with E-state index in [4.69, 9.17) is 0 Å². The summed E-state index contributed by atoms with van der Waals surface area (Å²) in [6.45, 7) is 6.85. The Balaban J connectivity index is 1.63. The molecule has 0 aromatic carbocycles. The number of carbonyl (C=O) groups excluding carboxylic acids is 3. The van der Waals surface area contributed by atoms with Gasteiger partial charge in [-0.1, -0.05) is 13.8 Å². The van der Waals surface area contributed by atoms with Crippen LogP contribution in [0.3, 0.4) is 0 Å². The van der Waals surface area contributed by atoms with Crippen LogP contribution in [0.25, 0.3) is 0 Å². The fraction of sp³-hybridized carbons (Fsp3) is 0.600. The summed E-state index contributed by atoms with van der Waals surface area (Å²) in [5.74, 6) is 1.16. The molecule has 2 fully saturated rings. The molecular formula is C20H28N4O3. The van der Waals surface area contributed by atoms with E-state index in [1.54, 1.807) is 23.2 Å². The Morgan fingerprint density at radius 1 is 1.30 bits per heavy atom. The number of ketones is 1. The van der Waals surface area contributed by atoms with Crippen LogP contribution in [0, 0.1) is 11.8 Å². The van der Waals surface area contributed by atoms with Gasteiger partial charge >= 0.3 is 0 Å². The molecule has 1 aromatic heterocycles. The number of piperidine rings is 1. The van der Waals surface area contributed by atoms with Gasteiger partial charge in [-0.2, -0.15) is 0 Å². The number of aromatic nitrogens is 1. The fourth-order valence-corrected chi connectivity index (χ4v) is 3.71. The van der Waals surface area contributed by atoms with Crippen molar-refractivity contribution >= 4 is 23.4 Å². The SMILES string of the molecule is CC(C)CC(=O)C1CCCN(C(=O)c2ccc(N3CCNC(=O)C3)nc2)C1. The van der Waals surface area contributed by atoms with Crippen LogP contribution in [0.1, 0.15) is 43.5 Å². The molecule has 2 amide bonds. The Bertz CT molecular complexity index is 702. The van der Waals surface area contributed by atoms with Crippen molar-refractivity contribution in [3.63, 3.8) is 0 Å². The molecule has 3 heterocycles. The van der Waals surface area contributed by atoms with E-state index in [0.717, 1.165) is 12.8 Å². The molecule has 2 aliphatic rings. The second-order valence-corrected chi connectivity index (χ2v) is 7.83. The van der Waals surface area contributed by atoms with Crippen LogP contribution in [-0.4, -0.2) is 60.2 Å². The van der Waals surface area contributed by atoms with Crippen LogP contribution < -0.4 is 10.2 Å². The summed E-state index contributed by atoms with van der Waals surface area (Å²) >= 11 is 0. The molecule has 1 atom stereocenters. The summed E-state index contributed by atoms with van der Waals surface area (Å²) < 4.78 is 0. The number of pyridine rings is 1. The van der Waals surface area contributed by atoms with Gasteiger partial charge in [0.1, 0.15) is 11.6 Å². The smallest absolute Gasteiger partial charge is 0.255 e.